The van der Waals surface area contributed by atoms with Crippen molar-refractivity contribution in [2.45, 2.75) is 19.1 Å². The van der Waals surface area contributed by atoms with Crippen molar-refractivity contribution >= 4 is 16.8 Å². The topological polar surface area (TPSA) is 66.1 Å². The van der Waals surface area contributed by atoms with Crippen LogP contribution in [-0.2, 0) is 23.3 Å². The summed E-state index contributed by atoms with van der Waals surface area (Å²) in [4.78, 5) is 0. The normalized spacial score (nSPS) is 12.8. The molecule has 1 aromatic carbocycles. The smallest absolute Gasteiger partial charge is 0.0353 e. The van der Waals surface area contributed by atoms with Crippen molar-refractivity contribution in [2.75, 3.05) is 5.73 Å². The molecule has 1 aromatic rings. The zero-order valence-corrected chi connectivity index (χ0v) is 8.26. The number of nitrogen functional groups attached to an aromatic ring is 1. The summed E-state index contributed by atoms with van der Waals surface area (Å²) in [6, 6.07) is 5.39. The molecule has 2 N–H and O–H groups in total. The van der Waals surface area contributed by atoms with Crippen LogP contribution in [0, 0.1) is 0 Å². The molecule has 0 saturated carbocycles. The van der Waals surface area contributed by atoms with Crippen LogP contribution in [0.25, 0.3) is 0 Å². The highest BCUT2D eigenvalue weighted by Crippen LogP contribution is 2.15. The van der Waals surface area contributed by atoms with Crippen molar-refractivity contribution in [3.05, 3.63) is 29.3 Å². The Morgan fingerprint density at radius 1 is 1.54 bits per heavy atom. The molecule has 0 radical (unpaired) electrons. The molecule has 3 nitrogen and oxygen atoms in total. The van der Waals surface area contributed by atoms with E-state index in [1.165, 1.54) is 0 Å². The summed E-state index contributed by atoms with van der Waals surface area (Å²) in [6.07, 6.45) is 0.868. The van der Waals surface area contributed by atoms with Crippen molar-refractivity contribution in [1.82, 2.24) is 0 Å². The molecule has 0 saturated heterocycles. The van der Waals surface area contributed by atoms with Gasteiger partial charge in [0.1, 0.15) is 0 Å². The molecule has 1 rings (SSSR count). The number of nitrogens with two attached hydrogens (primary N) is 1. The van der Waals surface area contributed by atoms with Gasteiger partial charge in [0.15, 0.2) is 0 Å². The second-order valence-electron chi connectivity index (χ2n) is 2.83. The number of benzene rings is 1. The third kappa shape index (κ3) is 2.82. The first-order chi connectivity index (χ1) is 6.13. The van der Waals surface area contributed by atoms with Gasteiger partial charge in [-0.25, -0.2) is 0 Å². The molecule has 0 bridgehead atoms. The fourth-order valence-corrected chi connectivity index (χ4v) is 1.64. The molecule has 72 valence electrons. The van der Waals surface area contributed by atoms with Crippen LogP contribution in [0.1, 0.15) is 18.1 Å². The van der Waals surface area contributed by atoms with Crippen LogP contribution in [0.3, 0.4) is 0 Å². The van der Waals surface area contributed by atoms with E-state index in [1.807, 2.05) is 13.0 Å². The quantitative estimate of drug-likeness (QED) is 0.586. The molecular formula is C9H12NO2S-. The lowest BCUT2D eigenvalue weighted by atomic mass is 10.1. The minimum absolute atomic E-state index is 0.0359. The van der Waals surface area contributed by atoms with E-state index in [4.69, 9.17) is 5.73 Å². The molecule has 1 atom stereocenters. The molecule has 0 aliphatic rings. The first-order valence-electron chi connectivity index (χ1n) is 4.06. The summed E-state index contributed by atoms with van der Waals surface area (Å²) in [5.41, 5.74) is 8.17. The fraction of sp³-hybridized carbons (Fsp3) is 0.333. The molecule has 0 amide bonds. The summed E-state index contributed by atoms with van der Waals surface area (Å²) >= 11 is -2.04. The van der Waals surface area contributed by atoms with Gasteiger partial charge in [-0.3, -0.25) is 4.21 Å². The molecule has 0 heterocycles. The van der Waals surface area contributed by atoms with E-state index in [-0.39, 0.29) is 5.75 Å². The maximum atomic E-state index is 10.4. The number of hydrogen-bond acceptors (Lipinski definition) is 3. The van der Waals surface area contributed by atoms with E-state index in [9.17, 15) is 8.76 Å². The van der Waals surface area contributed by atoms with Gasteiger partial charge < -0.3 is 10.3 Å². The third-order valence-corrected chi connectivity index (χ3v) is 2.44. The Morgan fingerprint density at radius 2 is 2.23 bits per heavy atom. The maximum absolute atomic E-state index is 10.4. The standard InChI is InChI=1S/C9H13NO2S/c1-2-8-4-3-7(5-9(8)10)6-13(11)12/h3-5H,2,6,10H2,1H3,(H,11,12)/p-1. The predicted molar refractivity (Wildman–Crippen MR) is 52.9 cm³/mol. The summed E-state index contributed by atoms with van der Waals surface area (Å²) in [5, 5.41) is 0. The molecule has 0 aliphatic heterocycles. The van der Waals surface area contributed by atoms with E-state index in [1.54, 1.807) is 12.1 Å². The SMILES string of the molecule is CCc1ccc(CS(=O)[O-])cc1N. The van der Waals surface area contributed by atoms with E-state index < -0.39 is 11.1 Å². The van der Waals surface area contributed by atoms with Gasteiger partial charge in [-0.15, -0.1) is 0 Å². The zero-order valence-electron chi connectivity index (χ0n) is 7.45. The Labute approximate surface area is 80.2 Å². The van der Waals surface area contributed by atoms with E-state index in [0.717, 1.165) is 17.5 Å². The van der Waals surface area contributed by atoms with Gasteiger partial charge in [-0.05, 0) is 23.6 Å². The van der Waals surface area contributed by atoms with Gasteiger partial charge in [-0.2, -0.15) is 0 Å². The largest absolute Gasteiger partial charge is 0.772 e. The molecule has 1 unspecified atom stereocenters. The first-order valence-corrected chi connectivity index (χ1v) is 5.31. The minimum Gasteiger partial charge on any atom is -0.772 e. The van der Waals surface area contributed by atoms with Gasteiger partial charge in [0, 0.05) is 11.4 Å². The number of rotatable bonds is 3. The molecule has 0 aliphatic carbocycles. The van der Waals surface area contributed by atoms with Gasteiger partial charge in [-0.1, -0.05) is 30.1 Å². The highest BCUT2D eigenvalue weighted by atomic mass is 32.2. The van der Waals surface area contributed by atoms with Gasteiger partial charge in [0.25, 0.3) is 0 Å². The van der Waals surface area contributed by atoms with Crippen LogP contribution < -0.4 is 5.73 Å². The molecular weight excluding hydrogens is 186 g/mol. The number of aryl methyl sites for hydroxylation is 1. The lowest BCUT2D eigenvalue weighted by Crippen LogP contribution is -1.98. The summed E-state index contributed by atoms with van der Waals surface area (Å²) in [7, 11) is 0. The van der Waals surface area contributed by atoms with Gasteiger partial charge in [0.2, 0.25) is 0 Å². The molecule has 0 aromatic heterocycles. The average Bonchev–Trinajstić information content (AvgIpc) is 2.03. The van der Waals surface area contributed by atoms with E-state index in [0.29, 0.717) is 5.69 Å². The maximum Gasteiger partial charge on any atom is 0.0353 e. The van der Waals surface area contributed by atoms with E-state index >= 15 is 0 Å². The van der Waals surface area contributed by atoms with Crippen LogP contribution in [0.2, 0.25) is 0 Å². The lowest BCUT2D eigenvalue weighted by Gasteiger charge is -2.08. The summed E-state index contributed by atoms with van der Waals surface area (Å²) in [5.74, 6) is 0.0359. The van der Waals surface area contributed by atoms with Crippen LogP contribution in [0.15, 0.2) is 18.2 Å². The van der Waals surface area contributed by atoms with Crippen molar-refractivity contribution in [3.8, 4) is 0 Å². The second kappa shape index (κ2) is 4.39. The number of anilines is 1. The Kier molecular flexibility index (Phi) is 3.45. The van der Waals surface area contributed by atoms with Crippen molar-refractivity contribution in [2.24, 2.45) is 0 Å². The highest BCUT2D eigenvalue weighted by Gasteiger charge is 1.98. The molecule has 13 heavy (non-hydrogen) atoms. The monoisotopic (exact) mass is 198 g/mol. The van der Waals surface area contributed by atoms with Crippen LogP contribution in [0.4, 0.5) is 5.69 Å². The van der Waals surface area contributed by atoms with Crippen molar-refractivity contribution < 1.29 is 8.76 Å². The van der Waals surface area contributed by atoms with Gasteiger partial charge >= 0.3 is 0 Å². The number of hydrogen-bond donors (Lipinski definition) is 1. The Balaban J connectivity index is 2.89. The Bertz CT molecular complexity index is 325. The third-order valence-electron chi connectivity index (χ3n) is 1.88. The Hall–Kier alpha value is -0.870. The minimum atomic E-state index is -2.04. The van der Waals surface area contributed by atoms with Crippen LogP contribution in [0.5, 0.6) is 0 Å². The van der Waals surface area contributed by atoms with Crippen LogP contribution in [-0.4, -0.2) is 8.76 Å². The molecule has 4 heteroatoms. The van der Waals surface area contributed by atoms with Gasteiger partial charge in [0.05, 0.1) is 0 Å². The molecule has 0 fully saturated rings. The average molecular weight is 198 g/mol. The van der Waals surface area contributed by atoms with Crippen molar-refractivity contribution in [3.63, 3.8) is 0 Å². The second-order valence-corrected chi connectivity index (χ2v) is 3.73. The van der Waals surface area contributed by atoms with Crippen molar-refractivity contribution in [1.29, 1.82) is 0 Å². The predicted octanol–water partition coefficient (Wildman–Crippen LogP) is 1.21. The summed E-state index contributed by atoms with van der Waals surface area (Å²) in [6.45, 7) is 2.01. The highest BCUT2D eigenvalue weighted by molar-refractivity contribution is 7.78. The lowest BCUT2D eigenvalue weighted by molar-refractivity contribution is 0.536. The van der Waals surface area contributed by atoms with E-state index in [2.05, 4.69) is 0 Å². The molecule has 0 spiro atoms. The zero-order chi connectivity index (χ0) is 9.84. The summed E-state index contributed by atoms with van der Waals surface area (Å²) < 4.78 is 20.8. The van der Waals surface area contributed by atoms with Crippen LogP contribution >= 0.6 is 0 Å². The fourth-order valence-electron chi connectivity index (χ4n) is 1.19. The first kappa shape index (κ1) is 10.2. The Morgan fingerprint density at radius 3 is 2.69 bits per heavy atom.